The predicted molar refractivity (Wildman–Crippen MR) is 73.6 cm³/mol. The lowest BCUT2D eigenvalue weighted by atomic mass is 9.92. The Morgan fingerprint density at radius 3 is 2.94 bits per heavy atom. The fourth-order valence-corrected chi connectivity index (χ4v) is 3.49. The van der Waals surface area contributed by atoms with Gasteiger partial charge >= 0.3 is 0 Å². The van der Waals surface area contributed by atoms with Crippen molar-refractivity contribution in [1.29, 1.82) is 0 Å². The van der Waals surface area contributed by atoms with E-state index < -0.39 is 0 Å². The highest BCUT2D eigenvalue weighted by molar-refractivity contribution is 5.03. The molecule has 18 heavy (non-hydrogen) atoms. The Morgan fingerprint density at radius 1 is 1.33 bits per heavy atom. The molecule has 1 aromatic heterocycles. The van der Waals surface area contributed by atoms with Gasteiger partial charge in [-0.25, -0.2) is 0 Å². The van der Waals surface area contributed by atoms with E-state index in [0.717, 1.165) is 12.3 Å². The molecule has 2 atom stereocenters. The van der Waals surface area contributed by atoms with Crippen LogP contribution in [0.15, 0.2) is 12.3 Å². The third-order valence-corrected chi connectivity index (χ3v) is 4.57. The Bertz CT molecular complexity index is 379. The molecule has 2 unspecified atom stereocenters. The largest absolute Gasteiger partial charge is 0.314 e. The molecule has 0 spiro atoms. The SMILES string of the molecule is CC1CCNC(Cc2ccn(C3CCCC3)n2)C1. The molecule has 3 nitrogen and oxygen atoms in total. The summed E-state index contributed by atoms with van der Waals surface area (Å²) in [5.74, 6) is 0.869. The standard InChI is InChI=1S/C15H25N3/c1-12-6-8-16-14(10-12)11-13-7-9-18(17-13)15-4-2-3-5-15/h7,9,12,14-16H,2-6,8,10-11H2,1H3. The molecule has 100 valence electrons. The first-order valence-corrected chi connectivity index (χ1v) is 7.58. The molecule has 1 saturated heterocycles. The van der Waals surface area contributed by atoms with E-state index in [-0.39, 0.29) is 0 Å². The fourth-order valence-electron chi connectivity index (χ4n) is 3.49. The molecule has 2 fully saturated rings. The predicted octanol–water partition coefficient (Wildman–Crippen LogP) is 2.93. The molecule has 1 saturated carbocycles. The number of nitrogens with one attached hydrogen (secondary N) is 1. The Kier molecular flexibility index (Phi) is 3.69. The molecular formula is C15H25N3. The van der Waals surface area contributed by atoms with Crippen molar-refractivity contribution in [1.82, 2.24) is 15.1 Å². The first kappa shape index (κ1) is 12.2. The van der Waals surface area contributed by atoms with Crippen molar-refractivity contribution in [2.24, 2.45) is 5.92 Å². The zero-order valence-corrected chi connectivity index (χ0v) is 11.4. The van der Waals surface area contributed by atoms with E-state index in [1.54, 1.807) is 0 Å². The maximum absolute atomic E-state index is 4.79. The number of piperidine rings is 1. The summed E-state index contributed by atoms with van der Waals surface area (Å²) in [6.07, 6.45) is 11.3. The summed E-state index contributed by atoms with van der Waals surface area (Å²) in [5.41, 5.74) is 1.27. The Balaban J connectivity index is 1.59. The summed E-state index contributed by atoms with van der Waals surface area (Å²) in [4.78, 5) is 0. The van der Waals surface area contributed by atoms with Crippen molar-refractivity contribution < 1.29 is 0 Å². The average Bonchev–Trinajstić information content (AvgIpc) is 2.98. The maximum Gasteiger partial charge on any atom is 0.0640 e. The van der Waals surface area contributed by atoms with Crippen molar-refractivity contribution in [2.45, 2.75) is 64.0 Å². The number of aromatic nitrogens is 2. The van der Waals surface area contributed by atoms with E-state index in [1.165, 1.54) is 50.8 Å². The molecule has 3 rings (SSSR count). The maximum atomic E-state index is 4.79. The topological polar surface area (TPSA) is 29.9 Å². The van der Waals surface area contributed by atoms with Gasteiger partial charge in [0.25, 0.3) is 0 Å². The zero-order valence-electron chi connectivity index (χ0n) is 11.4. The molecule has 0 bridgehead atoms. The highest BCUT2D eigenvalue weighted by atomic mass is 15.3. The lowest BCUT2D eigenvalue weighted by Crippen LogP contribution is -2.38. The minimum Gasteiger partial charge on any atom is -0.314 e. The van der Waals surface area contributed by atoms with Crippen molar-refractivity contribution in [3.05, 3.63) is 18.0 Å². The Hall–Kier alpha value is -0.830. The Labute approximate surface area is 110 Å². The van der Waals surface area contributed by atoms with Crippen molar-refractivity contribution in [3.8, 4) is 0 Å². The molecule has 0 amide bonds. The van der Waals surface area contributed by atoms with Crippen LogP contribution in [0.1, 0.15) is 57.2 Å². The molecule has 1 aliphatic carbocycles. The van der Waals surface area contributed by atoms with Gasteiger partial charge in [-0.1, -0.05) is 19.8 Å². The van der Waals surface area contributed by atoms with Crippen LogP contribution in [-0.2, 0) is 6.42 Å². The number of nitrogens with zero attached hydrogens (tertiary/aromatic N) is 2. The monoisotopic (exact) mass is 247 g/mol. The van der Waals surface area contributed by atoms with Crippen molar-refractivity contribution >= 4 is 0 Å². The van der Waals surface area contributed by atoms with Gasteiger partial charge in [0, 0.05) is 18.7 Å². The Morgan fingerprint density at radius 2 is 2.17 bits per heavy atom. The summed E-state index contributed by atoms with van der Waals surface area (Å²) in [6.45, 7) is 3.54. The van der Waals surface area contributed by atoms with E-state index >= 15 is 0 Å². The van der Waals surface area contributed by atoms with Gasteiger partial charge in [-0.3, -0.25) is 4.68 Å². The van der Waals surface area contributed by atoms with Gasteiger partial charge in [-0.15, -0.1) is 0 Å². The highest BCUT2D eigenvalue weighted by Crippen LogP contribution is 2.29. The van der Waals surface area contributed by atoms with Crippen molar-refractivity contribution in [3.63, 3.8) is 0 Å². The fraction of sp³-hybridized carbons (Fsp3) is 0.800. The third kappa shape index (κ3) is 2.77. The summed E-state index contributed by atoms with van der Waals surface area (Å²) >= 11 is 0. The molecule has 2 aliphatic rings. The first-order valence-electron chi connectivity index (χ1n) is 7.58. The van der Waals surface area contributed by atoms with Crippen LogP contribution in [0.3, 0.4) is 0 Å². The molecule has 1 aliphatic heterocycles. The van der Waals surface area contributed by atoms with Gasteiger partial charge < -0.3 is 5.32 Å². The summed E-state index contributed by atoms with van der Waals surface area (Å²) < 4.78 is 2.22. The molecule has 0 radical (unpaired) electrons. The number of hydrogen-bond acceptors (Lipinski definition) is 2. The minimum atomic E-state index is 0.640. The van der Waals surface area contributed by atoms with E-state index in [4.69, 9.17) is 5.10 Å². The highest BCUT2D eigenvalue weighted by Gasteiger charge is 2.21. The van der Waals surface area contributed by atoms with E-state index in [0.29, 0.717) is 12.1 Å². The van der Waals surface area contributed by atoms with Crippen LogP contribution in [0.2, 0.25) is 0 Å². The molecule has 1 aromatic rings. The van der Waals surface area contributed by atoms with Gasteiger partial charge in [-0.2, -0.15) is 5.10 Å². The van der Waals surface area contributed by atoms with Gasteiger partial charge in [0.2, 0.25) is 0 Å². The second kappa shape index (κ2) is 5.43. The first-order chi connectivity index (χ1) is 8.81. The molecule has 2 heterocycles. The quantitative estimate of drug-likeness (QED) is 0.890. The average molecular weight is 247 g/mol. The van der Waals surface area contributed by atoms with Crippen LogP contribution in [0, 0.1) is 5.92 Å². The van der Waals surface area contributed by atoms with Gasteiger partial charge in [0.05, 0.1) is 11.7 Å². The van der Waals surface area contributed by atoms with Crippen LogP contribution in [0.25, 0.3) is 0 Å². The molecule has 0 aromatic carbocycles. The summed E-state index contributed by atoms with van der Waals surface area (Å²) in [6, 6.07) is 3.54. The van der Waals surface area contributed by atoms with Crippen LogP contribution in [0.5, 0.6) is 0 Å². The molecule has 1 N–H and O–H groups in total. The molecule has 3 heteroatoms. The summed E-state index contributed by atoms with van der Waals surface area (Å²) in [7, 11) is 0. The zero-order chi connectivity index (χ0) is 12.4. The van der Waals surface area contributed by atoms with Gasteiger partial charge in [0.15, 0.2) is 0 Å². The van der Waals surface area contributed by atoms with Gasteiger partial charge in [0.1, 0.15) is 0 Å². The summed E-state index contributed by atoms with van der Waals surface area (Å²) in [5, 5.41) is 8.42. The number of rotatable bonds is 3. The van der Waals surface area contributed by atoms with E-state index in [2.05, 4.69) is 29.2 Å². The minimum absolute atomic E-state index is 0.640. The lowest BCUT2D eigenvalue weighted by molar-refractivity contribution is 0.316. The third-order valence-electron chi connectivity index (χ3n) is 4.57. The van der Waals surface area contributed by atoms with Crippen LogP contribution < -0.4 is 5.32 Å². The smallest absolute Gasteiger partial charge is 0.0640 e. The van der Waals surface area contributed by atoms with Gasteiger partial charge in [-0.05, 0) is 44.2 Å². The van der Waals surface area contributed by atoms with Crippen LogP contribution in [-0.4, -0.2) is 22.4 Å². The van der Waals surface area contributed by atoms with Crippen molar-refractivity contribution in [2.75, 3.05) is 6.54 Å². The lowest BCUT2D eigenvalue weighted by Gasteiger charge is -2.27. The normalized spacial score (nSPS) is 29.8. The van der Waals surface area contributed by atoms with Crippen LogP contribution >= 0.6 is 0 Å². The number of hydrogen-bond donors (Lipinski definition) is 1. The van der Waals surface area contributed by atoms with E-state index in [1.807, 2.05) is 0 Å². The second-order valence-corrected chi connectivity index (χ2v) is 6.21. The second-order valence-electron chi connectivity index (χ2n) is 6.21. The van der Waals surface area contributed by atoms with E-state index in [9.17, 15) is 0 Å². The molecular weight excluding hydrogens is 222 g/mol. The van der Waals surface area contributed by atoms with Crippen LogP contribution in [0.4, 0.5) is 0 Å².